The van der Waals surface area contributed by atoms with Gasteiger partial charge < -0.3 is 0 Å². The van der Waals surface area contributed by atoms with E-state index in [0.717, 1.165) is 0 Å². The van der Waals surface area contributed by atoms with Gasteiger partial charge in [-0.15, -0.1) is 0 Å². The molecule has 2 atom stereocenters. The fourth-order valence-electron chi connectivity index (χ4n) is 6.06. The molecule has 1 rings (SSSR count). The zero-order valence-corrected chi connectivity index (χ0v) is 26.1. The van der Waals surface area contributed by atoms with Crippen LogP contribution in [0.15, 0.2) is 12.4 Å². The van der Waals surface area contributed by atoms with E-state index in [1.54, 1.807) is 0 Å². The van der Waals surface area contributed by atoms with Gasteiger partial charge in [0.1, 0.15) is 12.4 Å². The summed E-state index contributed by atoms with van der Waals surface area (Å²) >= 11 is 0. The maximum Gasteiger partial charge on any atom is 0.257 e. The van der Waals surface area contributed by atoms with Crippen molar-refractivity contribution in [1.82, 2.24) is 4.98 Å². The first-order valence-corrected chi connectivity index (χ1v) is 17.3. The average molecular weight is 518 g/mol. The van der Waals surface area contributed by atoms with Crippen molar-refractivity contribution in [3.63, 3.8) is 0 Å². The second kappa shape index (κ2) is 25.5. The molecule has 0 aromatic carbocycles. The number of nitrogens with one attached hydrogen (secondary N) is 1. The van der Waals surface area contributed by atoms with Gasteiger partial charge in [0.2, 0.25) is 0 Å². The second-order valence-electron chi connectivity index (χ2n) is 12.2. The van der Waals surface area contributed by atoms with Crippen LogP contribution in [0, 0.1) is 0 Å². The molecule has 0 aliphatic rings. The van der Waals surface area contributed by atoms with Gasteiger partial charge in [-0.25, -0.2) is 9.55 Å². The number of aromatic amines is 1. The largest absolute Gasteiger partial charge is 0.257 e. The van der Waals surface area contributed by atoms with Gasteiger partial charge in [0.15, 0.2) is 0 Å². The van der Waals surface area contributed by atoms with Crippen LogP contribution in [0.2, 0.25) is 0 Å². The molecular weight excluding hydrogens is 448 g/mol. The van der Waals surface area contributed by atoms with Gasteiger partial charge >= 0.3 is 0 Å². The standard InChI is InChI=1S/C35H68N2/c1-5-8-11-13-15-17-18-19-20-21-23-25-27-30-34(29-26-24-22-16-14-12-9-6-2)35-36-31-32-37(35)33(4)28-10-7-3/h31-34H,5-30H2,1-4H3/p+1. The Kier molecular flexibility index (Phi) is 23.6. The molecule has 0 aliphatic carbocycles. The molecule has 2 heteroatoms. The summed E-state index contributed by atoms with van der Waals surface area (Å²) in [6.07, 6.45) is 41.3. The quantitative estimate of drug-likeness (QED) is 0.0842. The molecule has 1 N–H and O–H groups in total. The fourth-order valence-corrected chi connectivity index (χ4v) is 6.06. The van der Waals surface area contributed by atoms with E-state index in [9.17, 15) is 0 Å². The molecule has 2 unspecified atom stereocenters. The number of nitrogens with zero attached hydrogens (tertiary/aromatic N) is 1. The molecule has 0 fully saturated rings. The van der Waals surface area contributed by atoms with E-state index >= 15 is 0 Å². The molecule has 0 spiro atoms. The Morgan fingerprint density at radius 2 is 0.892 bits per heavy atom. The highest BCUT2D eigenvalue weighted by Crippen LogP contribution is 2.27. The van der Waals surface area contributed by atoms with Crippen LogP contribution < -0.4 is 4.57 Å². The first kappa shape index (κ1) is 34.2. The van der Waals surface area contributed by atoms with E-state index in [0.29, 0.717) is 12.0 Å². The predicted octanol–water partition coefficient (Wildman–Crippen LogP) is 12.1. The smallest absolute Gasteiger partial charge is 0.247 e. The first-order chi connectivity index (χ1) is 18.2. The molecule has 0 saturated heterocycles. The zero-order chi connectivity index (χ0) is 26.8. The highest BCUT2D eigenvalue weighted by atomic mass is 15.1. The Morgan fingerprint density at radius 3 is 1.30 bits per heavy atom. The normalized spacial score (nSPS) is 13.3. The third kappa shape index (κ3) is 18.2. The topological polar surface area (TPSA) is 19.7 Å². The van der Waals surface area contributed by atoms with E-state index in [1.165, 1.54) is 173 Å². The number of hydrogen-bond donors (Lipinski definition) is 1. The zero-order valence-electron chi connectivity index (χ0n) is 26.1. The maximum atomic E-state index is 3.70. The van der Waals surface area contributed by atoms with Crippen LogP contribution in [0.5, 0.6) is 0 Å². The highest BCUT2D eigenvalue weighted by molar-refractivity contribution is 4.90. The van der Waals surface area contributed by atoms with Gasteiger partial charge in [-0.1, -0.05) is 162 Å². The lowest BCUT2D eigenvalue weighted by Crippen LogP contribution is -2.41. The Balaban J connectivity index is 2.33. The van der Waals surface area contributed by atoms with E-state index in [4.69, 9.17) is 0 Å². The number of imidazole rings is 1. The molecule has 1 aromatic heterocycles. The second-order valence-corrected chi connectivity index (χ2v) is 12.2. The molecule has 0 amide bonds. The molecule has 0 bridgehead atoms. The molecule has 0 radical (unpaired) electrons. The molecule has 218 valence electrons. The summed E-state index contributed by atoms with van der Waals surface area (Å²) in [6, 6.07) is 0.619. The summed E-state index contributed by atoms with van der Waals surface area (Å²) in [5, 5.41) is 0. The maximum absolute atomic E-state index is 3.70. The average Bonchev–Trinajstić information content (AvgIpc) is 3.40. The van der Waals surface area contributed by atoms with E-state index in [1.807, 2.05) is 0 Å². The summed E-state index contributed by atoms with van der Waals surface area (Å²) in [4.78, 5) is 3.70. The minimum atomic E-state index is 0.619. The Bertz CT molecular complexity index is 578. The Morgan fingerprint density at radius 1 is 0.514 bits per heavy atom. The van der Waals surface area contributed by atoms with E-state index in [2.05, 4.69) is 49.6 Å². The Labute approximate surface area is 234 Å². The Hall–Kier alpha value is -0.790. The van der Waals surface area contributed by atoms with Gasteiger partial charge in [-0.05, 0) is 32.6 Å². The van der Waals surface area contributed by atoms with Crippen LogP contribution in [-0.2, 0) is 0 Å². The molecule has 0 saturated carbocycles. The number of hydrogen-bond acceptors (Lipinski definition) is 0. The van der Waals surface area contributed by atoms with Gasteiger partial charge in [0.25, 0.3) is 5.82 Å². The van der Waals surface area contributed by atoms with Crippen molar-refractivity contribution in [2.24, 2.45) is 0 Å². The van der Waals surface area contributed by atoms with Crippen molar-refractivity contribution in [3.8, 4) is 0 Å². The van der Waals surface area contributed by atoms with Crippen molar-refractivity contribution in [3.05, 3.63) is 18.2 Å². The minimum absolute atomic E-state index is 0.619. The number of rotatable bonds is 28. The lowest BCUT2D eigenvalue weighted by molar-refractivity contribution is -0.727. The van der Waals surface area contributed by atoms with Crippen LogP contribution in [0.1, 0.15) is 212 Å². The van der Waals surface area contributed by atoms with Gasteiger partial charge in [-0.2, -0.15) is 0 Å². The van der Waals surface area contributed by atoms with Crippen LogP contribution in [0.3, 0.4) is 0 Å². The minimum Gasteiger partial charge on any atom is -0.247 e. The van der Waals surface area contributed by atoms with Crippen molar-refractivity contribution in [1.29, 1.82) is 0 Å². The highest BCUT2D eigenvalue weighted by Gasteiger charge is 2.25. The van der Waals surface area contributed by atoms with Crippen molar-refractivity contribution in [2.75, 3.05) is 0 Å². The molecule has 0 aliphatic heterocycles. The molecule has 37 heavy (non-hydrogen) atoms. The van der Waals surface area contributed by atoms with Crippen LogP contribution >= 0.6 is 0 Å². The third-order valence-corrected chi connectivity index (χ3v) is 8.64. The summed E-state index contributed by atoms with van der Waals surface area (Å²) in [6.45, 7) is 9.36. The molecule has 1 heterocycles. The van der Waals surface area contributed by atoms with Crippen LogP contribution in [-0.4, -0.2) is 4.98 Å². The lowest BCUT2D eigenvalue weighted by atomic mass is 9.92. The summed E-state index contributed by atoms with van der Waals surface area (Å²) < 4.78 is 2.59. The SMILES string of the molecule is CCCCCCCCCCCCCCCC(CCCCCCCCCC)c1[nH]cc[n+]1C(C)CCCC. The van der Waals surface area contributed by atoms with Crippen molar-refractivity contribution < 1.29 is 4.57 Å². The molecule has 2 nitrogen and oxygen atoms in total. The summed E-state index contributed by atoms with van der Waals surface area (Å²) in [7, 11) is 0. The van der Waals surface area contributed by atoms with Gasteiger partial charge in [0, 0.05) is 0 Å². The predicted molar refractivity (Wildman–Crippen MR) is 166 cm³/mol. The number of unbranched alkanes of at least 4 members (excludes halogenated alkanes) is 20. The van der Waals surface area contributed by atoms with Gasteiger partial charge in [0.05, 0.1) is 12.0 Å². The van der Waals surface area contributed by atoms with E-state index < -0.39 is 0 Å². The molecular formula is C35H69N2+. The van der Waals surface area contributed by atoms with Gasteiger partial charge in [-0.3, -0.25) is 0 Å². The fraction of sp³-hybridized carbons (Fsp3) is 0.914. The monoisotopic (exact) mass is 518 g/mol. The number of H-pyrrole nitrogens is 1. The third-order valence-electron chi connectivity index (χ3n) is 8.64. The number of aromatic nitrogens is 2. The molecule has 1 aromatic rings. The van der Waals surface area contributed by atoms with Crippen LogP contribution in [0.4, 0.5) is 0 Å². The summed E-state index contributed by atoms with van der Waals surface area (Å²) in [5.74, 6) is 2.23. The first-order valence-electron chi connectivity index (χ1n) is 17.3. The van der Waals surface area contributed by atoms with E-state index in [-0.39, 0.29) is 0 Å². The summed E-state index contributed by atoms with van der Waals surface area (Å²) in [5.41, 5.74) is 0. The van der Waals surface area contributed by atoms with Crippen molar-refractivity contribution >= 4 is 0 Å². The van der Waals surface area contributed by atoms with Crippen molar-refractivity contribution in [2.45, 2.75) is 207 Å². The van der Waals surface area contributed by atoms with Crippen LogP contribution in [0.25, 0.3) is 0 Å². The lowest BCUT2D eigenvalue weighted by Gasteiger charge is -2.17.